The number of rotatable bonds is 6. The highest BCUT2D eigenvalue weighted by molar-refractivity contribution is 5.93. The fourth-order valence-corrected chi connectivity index (χ4v) is 1.45. The van der Waals surface area contributed by atoms with Crippen LogP contribution in [0.3, 0.4) is 0 Å². The minimum atomic E-state index is -0.586. The van der Waals surface area contributed by atoms with Gasteiger partial charge in [0.15, 0.2) is 0 Å². The van der Waals surface area contributed by atoms with E-state index in [0.29, 0.717) is 0 Å². The van der Waals surface area contributed by atoms with Crippen LogP contribution in [-0.4, -0.2) is 23.4 Å². The lowest BCUT2D eigenvalue weighted by Crippen LogP contribution is -2.34. The van der Waals surface area contributed by atoms with E-state index in [4.69, 9.17) is 5.26 Å². The third-order valence-electron chi connectivity index (χ3n) is 2.83. The van der Waals surface area contributed by atoms with Crippen molar-refractivity contribution in [3.63, 3.8) is 0 Å². The van der Waals surface area contributed by atoms with Gasteiger partial charge in [0.25, 0.3) is 5.69 Å². The Morgan fingerprint density at radius 3 is 2.80 bits per heavy atom. The molecule has 1 rings (SSSR count). The largest absolute Gasteiger partial charge is 0.324 e. The van der Waals surface area contributed by atoms with Crippen molar-refractivity contribution < 1.29 is 9.72 Å². The topological polar surface area (TPSA) is 108 Å². The third kappa shape index (κ3) is 4.33. The zero-order valence-electron chi connectivity index (χ0n) is 11.3. The average molecular weight is 276 g/mol. The number of nitriles is 1. The second-order valence-electron chi connectivity index (χ2n) is 4.34. The Kier molecular flexibility index (Phi) is 5.62. The molecule has 0 aromatic heterocycles. The molecule has 1 amide bonds. The van der Waals surface area contributed by atoms with E-state index in [2.05, 4.69) is 10.6 Å². The molecule has 0 saturated carbocycles. The first-order valence-corrected chi connectivity index (χ1v) is 6.19. The van der Waals surface area contributed by atoms with Crippen LogP contribution in [0.4, 0.5) is 11.4 Å². The summed E-state index contributed by atoms with van der Waals surface area (Å²) in [5.74, 6) is -0.296. The van der Waals surface area contributed by atoms with Crippen molar-refractivity contribution in [1.82, 2.24) is 5.32 Å². The Labute approximate surface area is 116 Å². The second kappa shape index (κ2) is 7.21. The zero-order chi connectivity index (χ0) is 15.1. The number of nitrogens with one attached hydrogen (secondary N) is 2. The molecule has 106 valence electrons. The van der Waals surface area contributed by atoms with Crippen LogP contribution in [-0.2, 0) is 4.79 Å². The van der Waals surface area contributed by atoms with Crippen LogP contribution in [0.1, 0.15) is 25.8 Å². The normalized spacial score (nSPS) is 11.4. The quantitative estimate of drug-likeness (QED) is 0.608. The summed E-state index contributed by atoms with van der Waals surface area (Å²) in [5, 5.41) is 25.1. The van der Waals surface area contributed by atoms with Crippen molar-refractivity contribution in [2.75, 3.05) is 11.9 Å². The minimum absolute atomic E-state index is 0.0658. The number of hydrogen-bond acceptors (Lipinski definition) is 5. The molecule has 0 aliphatic rings. The molecule has 0 aliphatic carbocycles. The highest BCUT2D eigenvalue weighted by Crippen LogP contribution is 2.21. The summed E-state index contributed by atoms with van der Waals surface area (Å²) >= 11 is 0. The number of hydrogen-bond donors (Lipinski definition) is 2. The molecule has 1 unspecified atom stereocenters. The Morgan fingerprint density at radius 1 is 1.55 bits per heavy atom. The van der Waals surface area contributed by atoms with Crippen LogP contribution in [0, 0.1) is 21.4 Å². The van der Waals surface area contributed by atoms with E-state index in [-0.39, 0.29) is 35.4 Å². The molecule has 0 aliphatic heterocycles. The van der Waals surface area contributed by atoms with E-state index in [0.717, 1.165) is 12.5 Å². The van der Waals surface area contributed by atoms with Gasteiger partial charge in [0.2, 0.25) is 5.91 Å². The lowest BCUT2D eigenvalue weighted by atomic mass is 10.1. The Hall–Kier alpha value is -2.46. The van der Waals surface area contributed by atoms with Crippen molar-refractivity contribution in [2.24, 2.45) is 0 Å². The number of nitrogens with zero attached hydrogens (tertiary/aromatic N) is 2. The number of carbonyl (C=O) groups excluding carboxylic acids is 1. The van der Waals surface area contributed by atoms with E-state index in [9.17, 15) is 14.9 Å². The van der Waals surface area contributed by atoms with Crippen LogP contribution in [0.25, 0.3) is 0 Å². The van der Waals surface area contributed by atoms with Gasteiger partial charge in [-0.15, -0.1) is 0 Å². The van der Waals surface area contributed by atoms with Gasteiger partial charge in [-0.2, -0.15) is 5.26 Å². The number of carbonyl (C=O) groups is 1. The summed E-state index contributed by atoms with van der Waals surface area (Å²) in [7, 11) is 0. The van der Waals surface area contributed by atoms with Gasteiger partial charge in [0.1, 0.15) is 6.07 Å². The van der Waals surface area contributed by atoms with Gasteiger partial charge < -0.3 is 10.6 Å². The molecular formula is C13H16N4O3. The van der Waals surface area contributed by atoms with E-state index < -0.39 is 4.92 Å². The van der Waals surface area contributed by atoms with Crippen LogP contribution >= 0.6 is 0 Å². The number of nitro groups is 1. The van der Waals surface area contributed by atoms with Gasteiger partial charge in [-0.3, -0.25) is 14.9 Å². The van der Waals surface area contributed by atoms with Crippen molar-refractivity contribution >= 4 is 17.3 Å². The van der Waals surface area contributed by atoms with Crippen molar-refractivity contribution in [2.45, 2.75) is 26.3 Å². The van der Waals surface area contributed by atoms with Crippen molar-refractivity contribution in [3.05, 3.63) is 33.9 Å². The van der Waals surface area contributed by atoms with Gasteiger partial charge in [-0.05, 0) is 19.4 Å². The van der Waals surface area contributed by atoms with Gasteiger partial charge in [-0.1, -0.05) is 6.92 Å². The number of non-ortho nitro benzene ring substituents is 1. The van der Waals surface area contributed by atoms with Gasteiger partial charge in [-0.25, -0.2) is 0 Å². The van der Waals surface area contributed by atoms with E-state index >= 15 is 0 Å². The van der Waals surface area contributed by atoms with Crippen LogP contribution in [0.5, 0.6) is 0 Å². The molecular weight excluding hydrogens is 260 g/mol. The zero-order valence-corrected chi connectivity index (χ0v) is 11.3. The molecule has 0 saturated heterocycles. The lowest BCUT2D eigenvalue weighted by molar-refractivity contribution is -0.384. The second-order valence-corrected chi connectivity index (χ2v) is 4.34. The molecule has 1 atom stereocenters. The summed E-state index contributed by atoms with van der Waals surface area (Å²) in [5.41, 5.74) is 0.155. The van der Waals surface area contributed by atoms with Crippen molar-refractivity contribution in [3.8, 4) is 6.07 Å². The van der Waals surface area contributed by atoms with Gasteiger partial charge in [0.05, 0.1) is 22.7 Å². The molecule has 7 nitrogen and oxygen atoms in total. The Balaban J connectivity index is 2.75. The minimum Gasteiger partial charge on any atom is -0.324 e. The molecule has 0 fully saturated rings. The smallest absolute Gasteiger partial charge is 0.270 e. The maximum atomic E-state index is 11.7. The highest BCUT2D eigenvalue weighted by Gasteiger charge is 2.12. The maximum absolute atomic E-state index is 11.7. The molecule has 2 N–H and O–H groups in total. The molecule has 1 aromatic carbocycles. The first-order valence-electron chi connectivity index (χ1n) is 6.19. The van der Waals surface area contributed by atoms with Crippen molar-refractivity contribution in [1.29, 1.82) is 5.26 Å². The first-order chi connectivity index (χ1) is 9.47. The van der Waals surface area contributed by atoms with Crippen LogP contribution in [0.15, 0.2) is 18.2 Å². The van der Waals surface area contributed by atoms with E-state index in [1.807, 2.05) is 19.9 Å². The number of benzene rings is 1. The molecule has 1 aromatic rings. The molecule has 20 heavy (non-hydrogen) atoms. The van der Waals surface area contributed by atoms with Crippen LogP contribution in [0.2, 0.25) is 0 Å². The number of anilines is 1. The van der Waals surface area contributed by atoms with Gasteiger partial charge in [0, 0.05) is 18.2 Å². The summed E-state index contributed by atoms with van der Waals surface area (Å²) in [6.07, 6.45) is 0.897. The summed E-state index contributed by atoms with van der Waals surface area (Å²) < 4.78 is 0. The summed E-state index contributed by atoms with van der Waals surface area (Å²) in [6, 6.07) is 5.79. The molecule has 0 radical (unpaired) electrons. The number of amides is 1. The fourth-order valence-electron chi connectivity index (χ4n) is 1.45. The average Bonchev–Trinajstić information content (AvgIpc) is 2.44. The predicted molar refractivity (Wildman–Crippen MR) is 74.2 cm³/mol. The lowest BCUT2D eigenvalue weighted by Gasteiger charge is -2.11. The standard InChI is InChI=1S/C13H16N4O3/c1-3-9(2)15-8-13(18)16-12-5-4-11(17(19)20)6-10(12)7-14/h4-6,9,15H,3,8H2,1-2H3,(H,16,18). The maximum Gasteiger partial charge on any atom is 0.270 e. The molecule has 7 heteroatoms. The monoisotopic (exact) mass is 276 g/mol. The van der Waals surface area contributed by atoms with Gasteiger partial charge >= 0.3 is 0 Å². The molecule has 0 spiro atoms. The highest BCUT2D eigenvalue weighted by atomic mass is 16.6. The third-order valence-corrected chi connectivity index (χ3v) is 2.83. The number of nitro benzene ring substituents is 1. The summed E-state index contributed by atoms with van der Waals surface area (Å²) in [6.45, 7) is 4.08. The van der Waals surface area contributed by atoms with E-state index in [1.54, 1.807) is 0 Å². The SMILES string of the molecule is CCC(C)NCC(=O)Nc1ccc([N+](=O)[O-])cc1C#N. The summed E-state index contributed by atoms with van der Waals surface area (Å²) in [4.78, 5) is 21.7. The predicted octanol–water partition coefficient (Wildman–Crippen LogP) is 1.79. The molecule has 0 bridgehead atoms. The van der Waals surface area contributed by atoms with Crippen LogP contribution < -0.4 is 10.6 Å². The Bertz CT molecular complexity index is 551. The fraction of sp³-hybridized carbons (Fsp3) is 0.385. The van der Waals surface area contributed by atoms with E-state index in [1.165, 1.54) is 12.1 Å². The Morgan fingerprint density at radius 2 is 2.25 bits per heavy atom. The molecule has 0 heterocycles. The first kappa shape index (κ1) is 15.6.